The van der Waals surface area contributed by atoms with Gasteiger partial charge in [0, 0.05) is 35.1 Å². The van der Waals surface area contributed by atoms with E-state index in [1.54, 1.807) is 20.8 Å². The fourth-order valence-electron chi connectivity index (χ4n) is 1.95. The number of nitrogens with zero attached hydrogens (tertiary/aromatic N) is 3. The third-order valence-corrected chi connectivity index (χ3v) is 5.59. The molecule has 32 heavy (non-hydrogen) atoms. The van der Waals surface area contributed by atoms with Crippen molar-refractivity contribution in [2.45, 2.75) is 26.4 Å². The summed E-state index contributed by atoms with van der Waals surface area (Å²) in [5.41, 5.74) is 9.71. The van der Waals surface area contributed by atoms with E-state index < -0.39 is 29.3 Å². The number of benzene rings is 1. The number of ether oxygens (including phenoxy) is 1. The number of rotatable bonds is 12. The molecule has 11 nitrogen and oxygen atoms in total. The summed E-state index contributed by atoms with van der Waals surface area (Å²) >= 11 is 0. The monoisotopic (exact) mass is 488 g/mol. The Morgan fingerprint density at radius 3 is 2.44 bits per heavy atom. The van der Waals surface area contributed by atoms with Crippen LogP contribution in [0.15, 0.2) is 23.3 Å². The van der Waals surface area contributed by atoms with Crippen LogP contribution in [0.3, 0.4) is 0 Å². The van der Waals surface area contributed by atoms with Crippen LogP contribution in [0.2, 0.25) is 0 Å². The first-order valence-electron chi connectivity index (χ1n) is 9.37. The van der Waals surface area contributed by atoms with Crippen LogP contribution in [0.1, 0.15) is 31.1 Å². The quantitative estimate of drug-likeness (QED) is 0.102. The Kier molecular flexibility index (Phi) is 12.3. The first-order chi connectivity index (χ1) is 15.1. The molecule has 176 valence electrons. The van der Waals surface area contributed by atoms with E-state index in [4.69, 9.17) is 15.1 Å². The molecule has 3 amide bonds. The summed E-state index contributed by atoms with van der Waals surface area (Å²) in [4.78, 5) is 42.3. The van der Waals surface area contributed by atoms with E-state index in [9.17, 15) is 18.8 Å². The van der Waals surface area contributed by atoms with Gasteiger partial charge < -0.3 is 15.4 Å². The van der Waals surface area contributed by atoms with Gasteiger partial charge in [-0.05, 0) is 44.5 Å². The third-order valence-electron chi connectivity index (χ3n) is 3.18. The summed E-state index contributed by atoms with van der Waals surface area (Å²) in [6.45, 7) is 5.55. The second-order valence-electron chi connectivity index (χ2n) is 7.00. The molecule has 3 N–H and O–H groups in total. The molecule has 0 aliphatic rings. The molecule has 0 aromatic heterocycles. The maximum Gasteiger partial charge on any atom is 0.431 e. The van der Waals surface area contributed by atoms with Gasteiger partial charge in [0.2, 0.25) is 5.91 Å². The number of azide groups is 1. The smallest absolute Gasteiger partial charge is 0.431 e. The summed E-state index contributed by atoms with van der Waals surface area (Å²) in [5, 5.41) is 8.51. The molecule has 0 saturated carbocycles. The highest BCUT2D eigenvalue weighted by Crippen LogP contribution is 2.21. The van der Waals surface area contributed by atoms with Crippen LogP contribution in [0, 0.1) is 5.82 Å². The minimum Gasteiger partial charge on any atom is -0.442 e. The lowest BCUT2D eigenvalue weighted by Gasteiger charge is -2.19. The van der Waals surface area contributed by atoms with E-state index in [0.29, 0.717) is 24.6 Å². The maximum atomic E-state index is 13.4. The molecule has 1 rings (SSSR count). The molecule has 1 aromatic carbocycles. The van der Waals surface area contributed by atoms with Crippen molar-refractivity contribution in [3.8, 4) is 0 Å². The fourth-order valence-corrected chi connectivity index (χ4v) is 3.76. The lowest BCUT2D eigenvalue weighted by atomic mass is 10.2. The van der Waals surface area contributed by atoms with Gasteiger partial charge in [0.15, 0.2) is 6.61 Å². The first kappa shape index (κ1) is 27.4. The van der Waals surface area contributed by atoms with Crippen LogP contribution in [0.25, 0.3) is 10.4 Å². The highest BCUT2D eigenvalue weighted by atomic mass is 33.1. The van der Waals surface area contributed by atoms with Crippen molar-refractivity contribution < 1.29 is 28.3 Å². The number of hydroxylamine groups is 1. The molecule has 0 unspecified atom stereocenters. The lowest BCUT2D eigenvalue weighted by molar-refractivity contribution is -0.127. The van der Waals surface area contributed by atoms with Crippen molar-refractivity contribution >= 4 is 45.2 Å². The molecule has 0 aliphatic carbocycles. The molecule has 0 aliphatic heterocycles. The van der Waals surface area contributed by atoms with Crippen molar-refractivity contribution in [1.82, 2.24) is 16.1 Å². The molecule has 14 heteroatoms. The van der Waals surface area contributed by atoms with Gasteiger partial charge in [0.25, 0.3) is 5.91 Å². The average molecular weight is 489 g/mol. The van der Waals surface area contributed by atoms with Gasteiger partial charge in [-0.15, -0.1) is 0 Å². The number of carbonyl (C=O) groups is 3. The Morgan fingerprint density at radius 1 is 1.16 bits per heavy atom. The molecular weight excluding hydrogens is 463 g/mol. The molecule has 0 heterocycles. The number of carbonyl (C=O) groups excluding carboxylic acids is 3. The number of amides is 3. The van der Waals surface area contributed by atoms with E-state index >= 15 is 0 Å². The molecule has 1 aromatic rings. The van der Waals surface area contributed by atoms with Crippen LogP contribution < -0.4 is 16.1 Å². The second kappa shape index (κ2) is 14.4. The zero-order valence-electron chi connectivity index (χ0n) is 17.8. The van der Waals surface area contributed by atoms with Crippen molar-refractivity contribution in [2.75, 3.05) is 31.2 Å². The molecule has 0 saturated heterocycles. The van der Waals surface area contributed by atoms with Crippen LogP contribution in [-0.4, -0.2) is 54.7 Å². The molecular formula is C18H25FN6O5S2. The number of nitrogens with one attached hydrogen (secondary N) is 3. The summed E-state index contributed by atoms with van der Waals surface area (Å²) in [7, 11) is 3.01. The zero-order valence-corrected chi connectivity index (χ0v) is 19.5. The Bertz CT molecular complexity index is 846. The van der Waals surface area contributed by atoms with E-state index in [2.05, 4.69) is 20.7 Å². The van der Waals surface area contributed by atoms with Gasteiger partial charge in [-0.2, -0.15) is 5.48 Å². The minimum absolute atomic E-state index is 0.192. The fraction of sp³-hybridized carbons (Fsp3) is 0.500. The topological polar surface area (TPSA) is 155 Å². The number of hydrogen-bond acceptors (Lipinski definition) is 8. The standard InChI is InChI=1S/C18H25FN6O5S2/c1-18(2,3)30-17(28)24-29-11-15(26)21-6-8-31-32-9-7-22-16(27)12-4-5-13(19)14(10-12)23-25-20/h4-5,10H,6-9,11H2,1-3H3,(H,21,26)(H,22,27)(H,24,28). The predicted octanol–water partition coefficient (Wildman–Crippen LogP) is 3.45. The van der Waals surface area contributed by atoms with Gasteiger partial charge in [-0.25, -0.2) is 9.18 Å². The number of halogens is 1. The Balaban J connectivity index is 2.09. The highest BCUT2D eigenvalue weighted by molar-refractivity contribution is 8.76. The Morgan fingerprint density at radius 2 is 1.81 bits per heavy atom. The van der Waals surface area contributed by atoms with Gasteiger partial charge in [-0.1, -0.05) is 26.7 Å². The summed E-state index contributed by atoms with van der Waals surface area (Å²) in [6.07, 6.45) is -0.778. The van der Waals surface area contributed by atoms with Crippen LogP contribution in [0.5, 0.6) is 0 Å². The summed E-state index contributed by atoms with van der Waals surface area (Å²) in [5.74, 6) is -0.269. The third kappa shape index (κ3) is 12.2. The second-order valence-corrected chi connectivity index (χ2v) is 9.70. The molecule has 0 fully saturated rings. The lowest BCUT2D eigenvalue weighted by Crippen LogP contribution is -2.36. The largest absolute Gasteiger partial charge is 0.442 e. The Hall–Kier alpha value is -2.67. The van der Waals surface area contributed by atoms with Crippen molar-refractivity contribution in [1.29, 1.82) is 0 Å². The van der Waals surface area contributed by atoms with E-state index in [0.717, 1.165) is 6.07 Å². The molecule has 0 atom stereocenters. The maximum absolute atomic E-state index is 13.4. The molecule has 0 spiro atoms. The van der Waals surface area contributed by atoms with Gasteiger partial charge in [0.1, 0.15) is 11.4 Å². The van der Waals surface area contributed by atoms with Gasteiger partial charge in [-0.3, -0.25) is 14.4 Å². The molecule has 0 bridgehead atoms. The van der Waals surface area contributed by atoms with Gasteiger partial charge >= 0.3 is 6.09 Å². The Labute approximate surface area is 192 Å². The zero-order chi connectivity index (χ0) is 24.0. The first-order valence-corrected chi connectivity index (χ1v) is 11.9. The van der Waals surface area contributed by atoms with E-state index in [-0.39, 0.29) is 17.9 Å². The van der Waals surface area contributed by atoms with E-state index in [1.807, 2.05) is 5.48 Å². The SMILES string of the molecule is CC(C)(C)OC(=O)NOCC(=O)NCCSSCCNC(=O)c1ccc(F)c(N=[N+]=[N-])c1. The minimum atomic E-state index is -0.778. The summed E-state index contributed by atoms with van der Waals surface area (Å²) in [6, 6.07) is 3.55. The highest BCUT2D eigenvalue weighted by Gasteiger charge is 2.16. The van der Waals surface area contributed by atoms with Gasteiger partial charge in [0.05, 0.1) is 5.69 Å². The average Bonchev–Trinajstić information content (AvgIpc) is 2.70. The van der Waals surface area contributed by atoms with E-state index in [1.165, 1.54) is 33.7 Å². The molecule has 0 radical (unpaired) electrons. The normalized spacial score (nSPS) is 10.6. The van der Waals surface area contributed by atoms with Crippen LogP contribution in [0.4, 0.5) is 14.9 Å². The van der Waals surface area contributed by atoms with Crippen molar-refractivity contribution in [3.63, 3.8) is 0 Å². The van der Waals surface area contributed by atoms with Crippen molar-refractivity contribution in [2.24, 2.45) is 5.11 Å². The van der Waals surface area contributed by atoms with Crippen molar-refractivity contribution in [3.05, 3.63) is 40.0 Å². The van der Waals surface area contributed by atoms with Crippen LogP contribution >= 0.6 is 21.6 Å². The predicted molar refractivity (Wildman–Crippen MR) is 121 cm³/mol. The number of hydrogen-bond donors (Lipinski definition) is 3. The van der Waals surface area contributed by atoms with Crippen LogP contribution in [-0.2, 0) is 14.4 Å². The summed E-state index contributed by atoms with van der Waals surface area (Å²) < 4.78 is 18.4.